The van der Waals surface area contributed by atoms with Gasteiger partial charge in [-0.25, -0.2) is 0 Å². The topological polar surface area (TPSA) is 69.5 Å². The summed E-state index contributed by atoms with van der Waals surface area (Å²) in [5.74, 6) is 2.53. The summed E-state index contributed by atoms with van der Waals surface area (Å²) >= 11 is 0. The first-order valence-corrected chi connectivity index (χ1v) is 7.61. The average molecular weight is 331 g/mol. The molecule has 0 radical (unpaired) electrons. The summed E-state index contributed by atoms with van der Waals surface area (Å²) in [6.07, 6.45) is 1.32. The molecule has 0 aromatic heterocycles. The quantitative estimate of drug-likeness (QED) is 0.330. The third-order valence-electron chi connectivity index (χ3n) is 3.14. The van der Waals surface area contributed by atoms with Crippen LogP contribution in [0, 0.1) is 0 Å². The fourth-order valence-electron chi connectivity index (χ4n) is 2.10. The number of ether oxygens (including phenoxy) is 4. The van der Waals surface area contributed by atoms with Crippen molar-refractivity contribution in [2.45, 2.75) is 6.92 Å². The van der Waals surface area contributed by atoms with Crippen molar-refractivity contribution < 1.29 is 24.2 Å². The van der Waals surface area contributed by atoms with Gasteiger partial charge >= 0.3 is 0 Å². The number of benzene rings is 2. The van der Waals surface area contributed by atoms with E-state index in [1.807, 2.05) is 31.2 Å². The fraction of sp³-hybridized carbons (Fsp3) is 0.278. The molecular weight excluding hydrogens is 310 g/mol. The van der Waals surface area contributed by atoms with Crippen LogP contribution in [0.4, 0.5) is 0 Å². The minimum absolute atomic E-state index is 0.330. The molecular formula is C18H21NO5. The molecule has 0 atom stereocenters. The van der Waals surface area contributed by atoms with Crippen LogP contribution in [0.1, 0.15) is 12.5 Å². The maximum Gasteiger partial charge on any atom is 0.161 e. The third kappa shape index (κ3) is 4.81. The molecule has 1 N–H and O–H groups in total. The monoisotopic (exact) mass is 331 g/mol. The molecule has 24 heavy (non-hydrogen) atoms. The van der Waals surface area contributed by atoms with E-state index < -0.39 is 0 Å². The van der Waals surface area contributed by atoms with Crippen molar-refractivity contribution in [3.05, 3.63) is 48.0 Å². The Hall–Kier alpha value is -2.89. The van der Waals surface area contributed by atoms with Gasteiger partial charge in [0.1, 0.15) is 13.2 Å². The lowest BCUT2D eigenvalue weighted by Crippen LogP contribution is -2.10. The van der Waals surface area contributed by atoms with Crippen LogP contribution >= 0.6 is 0 Å². The van der Waals surface area contributed by atoms with E-state index in [9.17, 15) is 0 Å². The highest BCUT2D eigenvalue weighted by atomic mass is 16.5. The van der Waals surface area contributed by atoms with E-state index in [4.69, 9.17) is 24.2 Å². The molecule has 2 rings (SSSR count). The van der Waals surface area contributed by atoms with Gasteiger partial charge in [0.25, 0.3) is 0 Å². The Morgan fingerprint density at radius 3 is 2.21 bits per heavy atom. The van der Waals surface area contributed by atoms with Gasteiger partial charge in [-0.05, 0) is 37.3 Å². The lowest BCUT2D eigenvalue weighted by Gasteiger charge is -2.13. The van der Waals surface area contributed by atoms with E-state index in [-0.39, 0.29) is 0 Å². The Morgan fingerprint density at radius 1 is 0.917 bits per heavy atom. The van der Waals surface area contributed by atoms with Crippen molar-refractivity contribution in [2.75, 3.05) is 26.9 Å². The van der Waals surface area contributed by atoms with Gasteiger partial charge in [0, 0.05) is 5.56 Å². The minimum Gasteiger partial charge on any atom is -0.493 e. The molecule has 0 amide bonds. The summed E-state index contributed by atoms with van der Waals surface area (Å²) in [4.78, 5) is 0. The standard InChI is InChI=1S/C18H21NO5/c1-3-22-16-6-4-5-7-17(16)23-10-11-24-18-12-14(13-19-20)8-9-15(18)21-2/h4-9,12-13,20H,3,10-11H2,1-2H3. The Labute approximate surface area is 141 Å². The molecule has 0 saturated heterocycles. The molecule has 0 aliphatic rings. The average Bonchev–Trinajstić information content (AvgIpc) is 2.61. The molecule has 128 valence electrons. The van der Waals surface area contributed by atoms with E-state index in [1.54, 1.807) is 25.3 Å². The number of nitrogens with zero attached hydrogens (tertiary/aromatic N) is 1. The van der Waals surface area contributed by atoms with E-state index in [0.29, 0.717) is 48.4 Å². The van der Waals surface area contributed by atoms with Crippen LogP contribution in [0.5, 0.6) is 23.0 Å². The van der Waals surface area contributed by atoms with Gasteiger partial charge < -0.3 is 24.2 Å². The highest BCUT2D eigenvalue weighted by Gasteiger charge is 2.07. The summed E-state index contributed by atoms with van der Waals surface area (Å²) < 4.78 is 22.2. The summed E-state index contributed by atoms with van der Waals surface area (Å²) in [5, 5.41) is 11.6. The van der Waals surface area contributed by atoms with Crippen molar-refractivity contribution in [1.29, 1.82) is 0 Å². The summed E-state index contributed by atoms with van der Waals surface area (Å²) in [7, 11) is 1.57. The second-order valence-electron chi connectivity index (χ2n) is 4.73. The number of rotatable bonds is 9. The summed E-state index contributed by atoms with van der Waals surface area (Å²) in [5.41, 5.74) is 0.705. The minimum atomic E-state index is 0.330. The molecule has 0 fully saturated rings. The largest absolute Gasteiger partial charge is 0.493 e. The maximum atomic E-state index is 8.61. The molecule has 2 aromatic rings. The number of para-hydroxylation sites is 2. The zero-order valence-electron chi connectivity index (χ0n) is 13.8. The predicted molar refractivity (Wildman–Crippen MR) is 91.0 cm³/mol. The first-order chi connectivity index (χ1) is 11.8. The van der Waals surface area contributed by atoms with Gasteiger partial charge in [0.2, 0.25) is 0 Å². The number of oxime groups is 1. The second kappa shape index (κ2) is 9.29. The smallest absolute Gasteiger partial charge is 0.161 e. The zero-order chi connectivity index (χ0) is 17.2. The van der Waals surface area contributed by atoms with Gasteiger partial charge in [-0.3, -0.25) is 0 Å². The normalized spacial score (nSPS) is 10.6. The highest BCUT2D eigenvalue weighted by molar-refractivity contribution is 5.80. The molecule has 0 aliphatic carbocycles. The van der Waals surface area contributed by atoms with Gasteiger partial charge in [0.05, 0.1) is 19.9 Å². The van der Waals surface area contributed by atoms with Crippen LogP contribution in [0.3, 0.4) is 0 Å². The van der Waals surface area contributed by atoms with Crippen LogP contribution in [-0.2, 0) is 0 Å². The van der Waals surface area contributed by atoms with Gasteiger partial charge in [-0.15, -0.1) is 0 Å². The van der Waals surface area contributed by atoms with Crippen LogP contribution in [0.2, 0.25) is 0 Å². The first kappa shape index (κ1) is 17.5. The molecule has 0 spiro atoms. The van der Waals surface area contributed by atoms with Crippen LogP contribution < -0.4 is 18.9 Å². The Balaban J connectivity index is 1.93. The van der Waals surface area contributed by atoms with Crippen molar-refractivity contribution in [3.63, 3.8) is 0 Å². The Bertz CT molecular complexity index is 672. The zero-order valence-corrected chi connectivity index (χ0v) is 13.8. The molecule has 2 aromatic carbocycles. The van der Waals surface area contributed by atoms with Crippen LogP contribution in [0.25, 0.3) is 0 Å². The van der Waals surface area contributed by atoms with E-state index in [2.05, 4.69) is 5.16 Å². The predicted octanol–water partition coefficient (Wildman–Crippen LogP) is 3.36. The highest BCUT2D eigenvalue weighted by Crippen LogP contribution is 2.28. The molecule has 6 heteroatoms. The van der Waals surface area contributed by atoms with Crippen molar-refractivity contribution >= 4 is 6.21 Å². The van der Waals surface area contributed by atoms with Gasteiger partial charge in [0.15, 0.2) is 23.0 Å². The number of methoxy groups -OCH3 is 1. The molecule has 0 unspecified atom stereocenters. The fourth-order valence-corrected chi connectivity index (χ4v) is 2.10. The lowest BCUT2D eigenvalue weighted by atomic mass is 10.2. The number of hydrogen-bond donors (Lipinski definition) is 1. The second-order valence-corrected chi connectivity index (χ2v) is 4.73. The summed E-state index contributed by atoms with van der Waals surface area (Å²) in [6.45, 7) is 3.18. The Kier molecular flexibility index (Phi) is 6.76. The van der Waals surface area contributed by atoms with E-state index in [1.165, 1.54) is 6.21 Å². The van der Waals surface area contributed by atoms with Crippen LogP contribution in [-0.4, -0.2) is 38.4 Å². The molecule has 0 aliphatic heterocycles. The first-order valence-electron chi connectivity index (χ1n) is 7.61. The van der Waals surface area contributed by atoms with E-state index in [0.717, 1.165) is 0 Å². The van der Waals surface area contributed by atoms with Crippen molar-refractivity contribution in [2.24, 2.45) is 5.16 Å². The van der Waals surface area contributed by atoms with Crippen molar-refractivity contribution in [3.8, 4) is 23.0 Å². The van der Waals surface area contributed by atoms with Crippen molar-refractivity contribution in [1.82, 2.24) is 0 Å². The lowest BCUT2D eigenvalue weighted by molar-refractivity contribution is 0.203. The van der Waals surface area contributed by atoms with E-state index >= 15 is 0 Å². The summed E-state index contributed by atoms with van der Waals surface area (Å²) in [6, 6.07) is 12.7. The maximum absolute atomic E-state index is 8.61. The van der Waals surface area contributed by atoms with Gasteiger partial charge in [-0.1, -0.05) is 17.3 Å². The SMILES string of the molecule is CCOc1ccccc1OCCOc1cc(C=NO)ccc1OC. The third-order valence-corrected chi connectivity index (χ3v) is 3.14. The number of hydrogen-bond acceptors (Lipinski definition) is 6. The van der Waals surface area contributed by atoms with Crippen LogP contribution in [0.15, 0.2) is 47.6 Å². The molecule has 0 heterocycles. The Morgan fingerprint density at radius 2 is 1.58 bits per heavy atom. The van der Waals surface area contributed by atoms with Gasteiger partial charge in [-0.2, -0.15) is 0 Å². The molecule has 0 bridgehead atoms. The molecule has 6 nitrogen and oxygen atoms in total. The molecule has 0 saturated carbocycles.